The molecule has 0 aliphatic rings. The third-order valence-electron chi connectivity index (χ3n) is 4.58. The second-order valence-electron chi connectivity index (χ2n) is 6.68. The van der Waals surface area contributed by atoms with Crippen LogP contribution in [0.4, 0.5) is 5.88 Å². The van der Waals surface area contributed by atoms with Crippen LogP contribution in [-0.4, -0.2) is 30.6 Å². The summed E-state index contributed by atoms with van der Waals surface area (Å²) in [5.74, 6) is 0.345. The maximum atomic E-state index is 12.5. The van der Waals surface area contributed by atoms with Gasteiger partial charge in [0.1, 0.15) is 22.1 Å². The van der Waals surface area contributed by atoms with Crippen molar-refractivity contribution >= 4 is 39.3 Å². The number of rotatable bonds is 7. The molecule has 0 unspecified atom stereocenters. The fourth-order valence-corrected chi connectivity index (χ4v) is 4.15. The van der Waals surface area contributed by atoms with Gasteiger partial charge in [-0.3, -0.25) is 10.1 Å². The summed E-state index contributed by atoms with van der Waals surface area (Å²) in [6, 6.07) is 16.9. The van der Waals surface area contributed by atoms with Gasteiger partial charge in [-0.05, 0) is 31.2 Å². The normalized spacial score (nSPS) is 10.8. The first kappa shape index (κ1) is 20.6. The highest BCUT2D eigenvalue weighted by molar-refractivity contribution is 7.21. The van der Waals surface area contributed by atoms with E-state index in [4.69, 9.17) is 13.9 Å². The number of aromatic nitrogens is 1. The molecular weight excluding hydrogens is 416 g/mol. The van der Waals surface area contributed by atoms with Crippen molar-refractivity contribution < 1.29 is 23.5 Å². The van der Waals surface area contributed by atoms with Crippen LogP contribution in [0.5, 0.6) is 5.75 Å². The molecule has 0 aliphatic carbocycles. The Labute approximate surface area is 182 Å². The Hall–Kier alpha value is -3.65. The van der Waals surface area contributed by atoms with Crippen molar-refractivity contribution in [3.8, 4) is 16.3 Å². The average molecular weight is 436 g/mol. The predicted octanol–water partition coefficient (Wildman–Crippen LogP) is 5.06. The number of fused-ring (bicyclic) bond motifs is 1. The monoisotopic (exact) mass is 436 g/mol. The molecule has 0 aliphatic heterocycles. The molecule has 4 rings (SSSR count). The third kappa shape index (κ3) is 4.44. The summed E-state index contributed by atoms with van der Waals surface area (Å²) < 4.78 is 17.2. The molecule has 1 N–H and O–H groups in total. The summed E-state index contributed by atoms with van der Waals surface area (Å²) >= 11 is 1.41. The first-order valence-corrected chi connectivity index (χ1v) is 10.4. The van der Waals surface area contributed by atoms with Gasteiger partial charge in [0.25, 0.3) is 0 Å². The third-order valence-corrected chi connectivity index (χ3v) is 5.63. The lowest BCUT2D eigenvalue weighted by molar-refractivity contribution is -0.116. The minimum absolute atomic E-state index is 0.113. The number of hydrogen-bond acceptors (Lipinski definition) is 7. The number of carbonyl (C=O) groups is 2. The van der Waals surface area contributed by atoms with Crippen LogP contribution in [0.25, 0.3) is 20.8 Å². The van der Waals surface area contributed by atoms with Crippen LogP contribution in [0.2, 0.25) is 0 Å². The molecule has 0 saturated carbocycles. The number of hydrogen-bond donors (Lipinski definition) is 1. The maximum absolute atomic E-state index is 12.5. The predicted molar refractivity (Wildman–Crippen MR) is 119 cm³/mol. The second-order valence-corrected chi connectivity index (χ2v) is 7.71. The van der Waals surface area contributed by atoms with E-state index in [-0.39, 0.29) is 30.4 Å². The van der Waals surface area contributed by atoms with E-state index in [0.717, 1.165) is 10.2 Å². The molecule has 2 aromatic heterocycles. The number of furan rings is 1. The molecule has 0 fully saturated rings. The van der Waals surface area contributed by atoms with E-state index in [1.807, 2.05) is 54.6 Å². The van der Waals surface area contributed by atoms with Gasteiger partial charge in [-0.1, -0.05) is 30.3 Å². The lowest BCUT2D eigenvalue weighted by Crippen LogP contribution is -2.15. The van der Waals surface area contributed by atoms with Gasteiger partial charge >= 0.3 is 5.97 Å². The number of methoxy groups -OCH3 is 1. The van der Waals surface area contributed by atoms with Gasteiger partial charge in [0.15, 0.2) is 0 Å². The van der Waals surface area contributed by atoms with Crippen LogP contribution in [0, 0.1) is 6.92 Å². The smallest absolute Gasteiger partial charge is 0.342 e. The van der Waals surface area contributed by atoms with E-state index in [2.05, 4.69) is 10.3 Å². The van der Waals surface area contributed by atoms with Gasteiger partial charge in [0.2, 0.25) is 11.8 Å². The molecule has 2 aromatic carbocycles. The molecular formula is C23H20N2O5S. The number of benzene rings is 2. The molecule has 31 heavy (non-hydrogen) atoms. The van der Waals surface area contributed by atoms with E-state index in [9.17, 15) is 9.59 Å². The molecule has 0 bridgehead atoms. The number of para-hydroxylation sites is 2. The van der Waals surface area contributed by atoms with E-state index >= 15 is 0 Å². The van der Waals surface area contributed by atoms with Crippen molar-refractivity contribution in [3.05, 3.63) is 65.9 Å². The SMILES string of the molecule is COC(=O)c1c(C)oc(NC(=O)CCOc2ccccc2)c1-c1nc2ccccc2s1. The van der Waals surface area contributed by atoms with E-state index in [0.29, 0.717) is 22.1 Å². The number of ether oxygens (including phenoxy) is 2. The Kier molecular flexibility index (Phi) is 5.99. The van der Waals surface area contributed by atoms with Crippen molar-refractivity contribution in [1.29, 1.82) is 0 Å². The van der Waals surface area contributed by atoms with Gasteiger partial charge in [-0.2, -0.15) is 0 Å². The summed E-state index contributed by atoms with van der Waals surface area (Å²) in [7, 11) is 1.30. The summed E-state index contributed by atoms with van der Waals surface area (Å²) in [6.45, 7) is 1.85. The highest BCUT2D eigenvalue weighted by Gasteiger charge is 2.28. The number of anilines is 1. The summed E-state index contributed by atoms with van der Waals surface area (Å²) in [5.41, 5.74) is 1.46. The van der Waals surface area contributed by atoms with E-state index in [1.165, 1.54) is 18.4 Å². The lowest BCUT2D eigenvalue weighted by Gasteiger charge is -2.07. The number of esters is 1. The Morgan fingerprint density at radius 3 is 2.58 bits per heavy atom. The highest BCUT2D eigenvalue weighted by Crippen LogP contribution is 2.40. The molecule has 7 nitrogen and oxygen atoms in total. The average Bonchev–Trinajstić information content (AvgIpc) is 3.34. The van der Waals surface area contributed by atoms with Crippen molar-refractivity contribution in [2.75, 3.05) is 19.0 Å². The zero-order chi connectivity index (χ0) is 21.8. The number of aryl methyl sites for hydroxylation is 1. The molecule has 0 saturated heterocycles. The standard InChI is InChI=1S/C23H20N2O5S/c1-14-19(23(27)28-2)20(22-24-16-10-6-7-11-17(16)31-22)21(30-14)25-18(26)12-13-29-15-8-4-3-5-9-15/h3-11H,12-13H2,1-2H3,(H,25,26). The fourth-order valence-electron chi connectivity index (χ4n) is 3.13. The van der Waals surface area contributed by atoms with Gasteiger partial charge in [0.05, 0.1) is 35.9 Å². The Morgan fingerprint density at radius 2 is 1.84 bits per heavy atom. The number of nitrogens with one attached hydrogen (secondary N) is 1. The van der Waals surface area contributed by atoms with Crippen molar-refractivity contribution in [2.45, 2.75) is 13.3 Å². The van der Waals surface area contributed by atoms with Crippen molar-refractivity contribution in [3.63, 3.8) is 0 Å². The first-order valence-electron chi connectivity index (χ1n) is 9.62. The minimum atomic E-state index is -0.552. The van der Waals surface area contributed by atoms with Gasteiger partial charge in [-0.25, -0.2) is 9.78 Å². The number of amides is 1. The van der Waals surface area contributed by atoms with Crippen LogP contribution in [0.15, 0.2) is 59.0 Å². The fraction of sp³-hybridized carbons (Fsp3) is 0.174. The topological polar surface area (TPSA) is 90.7 Å². The minimum Gasteiger partial charge on any atom is -0.493 e. The lowest BCUT2D eigenvalue weighted by atomic mass is 10.1. The van der Waals surface area contributed by atoms with Gasteiger partial charge in [-0.15, -0.1) is 11.3 Å². The molecule has 8 heteroatoms. The maximum Gasteiger partial charge on any atom is 0.342 e. The highest BCUT2D eigenvalue weighted by atomic mass is 32.1. The summed E-state index contributed by atoms with van der Waals surface area (Å²) in [5, 5.41) is 3.32. The molecule has 2 heterocycles. The quantitative estimate of drug-likeness (QED) is 0.407. The van der Waals surface area contributed by atoms with Gasteiger partial charge < -0.3 is 13.9 Å². The van der Waals surface area contributed by atoms with Crippen LogP contribution >= 0.6 is 11.3 Å². The van der Waals surface area contributed by atoms with Crippen LogP contribution in [0.1, 0.15) is 22.5 Å². The zero-order valence-electron chi connectivity index (χ0n) is 17.0. The van der Waals surface area contributed by atoms with E-state index in [1.54, 1.807) is 6.92 Å². The second kappa shape index (κ2) is 9.01. The van der Waals surface area contributed by atoms with Gasteiger partial charge in [0, 0.05) is 0 Å². The largest absolute Gasteiger partial charge is 0.493 e. The van der Waals surface area contributed by atoms with Crippen LogP contribution < -0.4 is 10.1 Å². The summed E-state index contributed by atoms with van der Waals surface area (Å²) in [4.78, 5) is 29.6. The number of nitrogens with zero attached hydrogens (tertiary/aromatic N) is 1. The zero-order valence-corrected chi connectivity index (χ0v) is 17.8. The molecule has 0 radical (unpaired) electrons. The molecule has 4 aromatic rings. The Balaban J connectivity index is 1.59. The Morgan fingerprint density at radius 1 is 1.10 bits per heavy atom. The molecule has 1 amide bonds. The van der Waals surface area contributed by atoms with Crippen molar-refractivity contribution in [2.24, 2.45) is 0 Å². The summed E-state index contributed by atoms with van der Waals surface area (Å²) in [6.07, 6.45) is 0.113. The van der Waals surface area contributed by atoms with Crippen LogP contribution in [0.3, 0.4) is 0 Å². The molecule has 0 spiro atoms. The number of carbonyl (C=O) groups excluding carboxylic acids is 2. The Bertz CT molecular complexity index is 1200. The van der Waals surface area contributed by atoms with Crippen LogP contribution in [-0.2, 0) is 9.53 Å². The molecule has 0 atom stereocenters. The number of thiazole rings is 1. The van der Waals surface area contributed by atoms with E-state index < -0.39 is 5.97 Å². The first-order chi connectivity index (χ1) is 15.1. The van der Waals surface area contributed by atoms with Crippen molar-refractivity contribution in [1.82, 2.24) is 4.98 Å². The molecule has 158 valence electrons.